The molecule has 0 aliphatic carbocycles. The van der Waals surface area contributed by atoms with Crippen LogP contribution in [-0.4, -0.2) is 15.7 Å². The Bertz CT molecular complexity index is 1050. The first-order valence-corrected chi connectivity index (χ1v) is 9.45. The fourth-order valence-electron chi connectivity index (χ4n) is 3.32. The van der Waals surface area contributed by atoms with Gasteiger partial charge in [0.1, 0.15) is 0 Å². The van der Waals surface area contributed by atoms with Crippen molar-refractivity contribution in [1.29, 1.82) is 0 Å². The van der Waals surface area contributed by atoms with E-state index in [2.05, 4.69) is 4.57 Å². The highest BCUT2D eigenvalue weighted by Crippen LogP contribution is 2.36. The van der Waals surface area contributed by atoms with Crippen molar-refractivity contribution in [3.63, 3.8) is 0 Å². The van der Waals surface area contributed by atoms with Crippen LogP contribution in [0.1, 0.15) is 17.0 Å². The normalized spacial score (nSPS) is 15.8. The maximum Gasteiger partial charge on any atom is 0.298 e. The van der Waals surface area contributed by atoms with Crippen molar-refractivity contribution in [3.8, 4) is 5.69 Å². The summed E-state index contributed by atoms with van der Waals surface area (Å²) < 4.78 is 2.15. The van der Waals surface area contributed by atoms with Gasteiger partial charge in [0.05, 0.1) is 10.6 Å². The molecule has 2 amide bonds. The van der Waals surface area contributed by atoms with E-state index in [1.165, 1.54) is 4.90 Å². The Morgan fingerprint density at radius 1 is 0.852 bits per heavy atom. The molecule has 3 aromatic rings. The van der Waals surface area contributed by atoms with Crippen LogP contribution < -0.4 is 4.90 Å². The molecule has 5 heteroatoms. The molecule has 0 spiro atoms. The fourth-order valence-corrected chi connectivity index (χ4v) is 4.15. The van der Waals surface area contributed by atoms with E-state index in [0.29, 0.717) is 10.6 Å². The average Bonchev–Trinajstić information content (AvgIpc) is 3.11. The number of amides is 2. The summed E-state index contributed by atoms with van der Waals surface area (Å²) in [6, 6.07) is 21.1. The molecule has 0 unspecified atom stereocenters. The summed E-state index contributed by atoms with van der Waals surface area (Å²) in [5, 5.41) is -0.269. The molecule has 2 heterocycles. The van der Waals surface area contributed by atoms with Crippen molar-refractivity contribution >= 4 is 34.7 Å². The van der Waals surface area contributed by atoms with Crippen molar-refractivity contribution in [2.75, 3.05) is 4.90 Å². The Kier molecular flexibility index (Phi) is 4.46. The Hall–Kier alpha value is -3.05. The molecule has 4 nitrogen and oxygen atoms in total. The summed E-state index contributed by atoms with van der Waals surface area (Å²) in [5.74, 6) is -0.277. The smallest absolute Gasteiger partial charge is 0.298 e. The number of thioether (sulfide) groups is 1. The second-order valence-corrected chi connectivity index (χ2v) is 7.34. The highest BCUT2D eigenvalue weighted by molar-refractivity contribution is 8.19. The van der Waals surface area contributed by atoms with Crippen molar-refractivity contribution in [3.05, 3.63) is 88.6 Å². The zero-order valence-electron chi connectivity index (χ0n) is 15.0. The molecule has 1 aliphatic rings. The van der Waals surface area contributed by atoms with Gasteiger partial charge in [-0.25, -0.2) is 4.90 Å². The number of nitrogens with zero attached hydrogens (tertiary/aromatic N) is 2. The van der Waals surface area contributed by atoms with Crippen LogP contribution in [0, 0.1) is 13.8 Å². The third-order valence-electron chi connectivity index (χ3n) is 4.58. The summed E-state index contributed by atoms with van der Waals surface area (Å²) >= 11 is 0.980. The van der Waals surface area contributed by atoms with Gasteiger partial charge in [0.2, 0.25) is 0 Å². The van der Waals surface area contributed by atoms with E-state index in [1.807, 2.05) is 74.5 Å². The van der Waals surface area contributed by atoms with Gasteiger partial charge in [-0.15, -0.1) is 0 Å². The lowest BCUT2D eigenvalue weighted by molar-refractivity contribution is -0.113. The zero-order valence-corrected chi connectivity index (χ0v) is 15.9. The Labute approximate surface area is 162 Å². The van der Waals surface area contributed by atoms with Crippen LogP contribution >= 0.6 is 11.8 Å². The summed E-state index contributed by atoms with van der Waals surface area (Å²) in [7, 11) is 0. The molecular weight excluding hydrogens is 356 g/mol. The molecule has 134 valence electrons. The van der Waals surface area contributed by atoms with Crippen LogP contribution in [0.15, 0.2) is 71.6 Å². The molecule has 0 radical (unpaired) electrons. The number of hydrogen-bond acceptors (Lipinski definition) is 3. The van der Waals surface area contributed by atoms with Gasteiger partial charge in [-0.05, 0) is 67.6 Å². The first kappa shape index (κ1) is 17.4. The number of rotatable bonds is 3. The van der Waals surface area contributed by atoms with Crippen molar-refractivity contribution in [2.45, 2.75) is 13.8 Å². The monoisotopic (exact) mass is 374 g/mol. The van der Waals surface area contributed by atoms with Crippen LogP contribution in [0.4, 0.5) is 10.5 Å². The summed E-state index contributed by atoms with van der Waals surface area (Å²) in [6.07, 6.45) is 1.82. The number of para-hydroxylation sites is 2. The minimum absolute atomic E-state index is 0.269. The lowest BCUT2D eigenvalue weighted by atomic mass is 10.2. The number of anilines is 1. The van der Waals surface area contributed by atoms with Crippen LogP contribution in [0.3, 0.4) is 0 Å². The molecule has 1 saturated heterocycles. The number of benzene rings is 2. The predicted octanol–water partition coefficient (Wildman–Crippen LogP) is 5.34. The number of aromatic nitrogens is 1. The summed E-state index contributed by atoms with van der Waals surface area (Å²) in [4.78, 5) is 26.9. The first-order chi connectivity index (χ1) is 13.1. The van der Waals surface area contributed by atoms with E-state index in [4.69, 9.17) is 0 Å². The summed E-state index contributed by atoms with van der Waals surface area (Å²) in [6.45, 7) is 4.06. The molecule has 1 fully saturated rings. The number of hydrogen-bond donors (Lipinski definition) is 0. The molecule has 0 bridgehead atoms. The van der Waals surface area contributed by atoms with Crippen LogP contribution in [0.2, 0.25) is 0 Å². The standard InChI is InChI=1S/C22H18N2O2S/c1-15-13-17(16(2)23(15)18-9-5-3-6-10-18)14-20-21(25)24(22(26)27-20)19-11-7-4-8-12-19/h3-14H,1-2H3/b20-14-. The van der Waals surface area contributed by atoms with Crippen molar-refractivity contribution in [1.82, 2.24) is 4.57 Å². The number of carbonyl (C=O) groups is 2. The second-order valence-electron chi connectivity index (χ2n) is 6.35. The SMILES string of the molecule is Cc1cc(/C=C2\SC(=O)N(c3ccccc3)C2=O)c(C)n1-c1ccccc1. The van der Waals surface area contributed by atoms with Gasteiger partial charge in [-0.3, -0.25) is 9.59 Å². The highest BCUT2D eigenvalue weighted by atomic mass is 32.2. The largest absolute Gasteiger partial charge is 0.318 e. The Balaban J connectivity index is 1.71. The highest BCUT2D eigenvalue weighted by Gasteiger charge is 2.36. The minimum atomic E-state index is -0.277. The molecule has 1 aliphatic heterocycles. The zero-order chi connectivity index (χ0) is 19.0. The van der Waals surface area contributed by atoms with E-state index >= 15 is 0 Å². The van der Waals surface area contributed by atoms with E-state index in [9.17, 15) is 9.59 Å². The van der Waals surface area contributed by atoms with E-state index in [0.717, 1.165) is 34.4 Å². The maximum absolute atomic E-state index is 12.8. The van der Waals surface area contributed by atoms with Crippen LogP contribution in [0.25, 0.3) is 11.8 Å². The number of imide groups is 1. The Morgan fingerprint density at radius 2 is 1.44 bits per heavy atom. The van der Waals surface area contributed by atoms with Gasteiger partial charge < -0.3 is 4.57 Å². The third-order valence-corrected chi connectivity index (χ3v) is 5.45. The molecule has 0 saturated carbocycles. The second kappa shape index (κ2) is 6.93. The number of carbonyl (C=O) groups excluding carboxylic acids is 2. The lowest BCUT2D eigenvalue weighted by Gasteiger charge is -2.11. The fraction of sp³-hybridized carbons (Fsp3) is 0.0909. The molecular formula is C22H18N2O2S. The van der Waals surface area contributed by atoms with Crippen molar-refractivity contribution < 1.29 is 9.59 Å². The third kappa shape index (κ3) is 3.11. The Morgan fingerprint density at radius 3 is 2.07 bits per heavy atom. The topological polar surface area (TPSA) is 42.3 Å². The molecule has 0 N–H and O–H groups in total. The predicted molar refractivity (Wildman–Crippen MR) is 110 cm³/mol. The van der Waals surface area contributed by atoms with E-state index < -0.39 is 0 Å². The molecule has 2 aromatic carbocycles. The van der Waals surface area contributed by atoms with Gasteiger partial charge >= 0.3 is 0 Å². The molecule has 27 heavy (non-hydrogen) atoms. The van der Waals surface area contributed by atoms with E-state index in [1.54, 1.807) is 12.1 Å². The maximum atomic E-state index is 12.8. The minimum Gasteiger partial charge on any atom is -0.318 e. The van der Waals surface area contributed by atoms with Gasteiger partial charge in [-0.2, -0.15) is 0 Å². The van der Waals surface area contributed by atoms with Gasteiger partial charge in [0.15, 0.2) is 0 Å². The van der Waals surface area contributed by atoms with Gasteiger partial charge in [-0.1, -0.05) is 36.4 Å². The quantitative estimate of drug-likeness (QED) is 0.582. The van der Waals surface area contributed by atoms with Crippen LogP contribution in [0.5, 0.6) is 0 Å². The van der Waals surface area contributed by atoms with Gasteiger partial charge in [0, 0.05) is 17.1 Å². The van der Waals surface area contributed by atoms with Crippen LogP contribution in [-0.2, 0) is 4.79 Å². The van der Waals surface area contributed by atoms with E-state index in [-0.39, 0.29) is 11.1 Å². The number of aryl methyl sites for hydroxylation is 1. The summed E-state index contributed by atoms with van der Waals surface area (Å²) in [5.41, 5.74) is 4.72. The average molecular weight is 374 g/mol. The van der Waals surface area contributed by atoms with Gasteiger partial charge in [0.25, 0.3) is 11.1 Å². The van der Waals surface area contributed by atoms with Crippen molar-refractivity contribution in [2.24, 2.45) is 0 Å². The lowest BCUT2D eigenvalue weighted by Crippen LogP contribution is -2.27. The molecule has 1 aromatic heterocycles. The molecule has 0 atom stereocenters. The molecule has 4 rings (SSSR count). The first-order valence-electron chi connectivity index (χ1n) is 8.63.